The smallest absolute Gasteiger partial charge is 0.269 e. The van der Waals surface area contributed by atoms with Crippen molar-refractivity contribution in [1.29, 1.82) is 0 Å². The summed E-state index contributed by atoms with van der Waals surface area (Å²) in [5.41, 5.74) is 3.66. The summed E-state index contributed by atoms with van der Waals surface area (Å²) in [4.78, 5) is 26.8. The maximum atomic E-state index is 12.4. The molecule has 0 unspecified atom stereocenters. The zero-order chi connectivity index (χ0) is 19.2. The first kappa shape index (κ1) is 19.0. The van der Waals surface area contributed by atoms with Gasteiger partial charge in [-0.05, 0) is 30.9 Å². The Morgan fingerprint density at radius 2 is 1.52 bits per heavy atom. The molecule has 1 aliphatic rings. The number of rotatable bonds is 7. The summed E-state index contributed by atoms with van der Waals surface area (Å²) in [6.07, 6.45) is 1.67. The van der Waals surface area contributed by atoms with Crippen LogP contribution in [0.5, 0.6) is 0 Å². The van der Waals surface area contributed by atoms with Gasteiger partial charge in [0, 0.05) is 38.3 Å². The van der Waals surface area contributed by atoms with Crippen molar-refractivity contribution in [3.63, 3.8) is 0 Å². The van der Waals surface area contributed by atoms with Crippen LogP contribution in [0.15, 0.2) is 48.5 Å². The molecule has 1 fully saturated rings. The molecule has 0 bridgehead atoms. The minimum atomic E-state index is -0.400. The number of nitro groups is 1. The Balaban J connectivity index is 1.43. The number of carbonyl (C=O) groups excluding carboxylic acids is 1. The number of aryl methyl sites for hydroxylation is 1. The molecule has 0 radical (unpaired) electrons. The summed E-state index contributed by atoms with van der Waals surface area (Å²) < 4.78 is 0. The van der Waals surface area contributed by atoms with Crippen molar-refractivity contribution in [3.8, 4) is 0 Å². The van der Waals surface area contributed by atoms with Crippen molar-refractivity contribution in [1.82, 2.24) is 9.80 Å². The average Bonchev–Trinajstić information content (AvgIpc) is 2.67. The first-order valence-electron chi connectivity index (χ1n) is 9.30. The lowest BCUT2D eigenvalue weighted by Gasteiger charge is -2.34. The largest absolute Gasteiger partial charge is 0.340 e. The lowest BCUT2D eigenvalue weighted by Crippen LogP contribution is -2.51. The molecule has 2 aromatic rings. The molecule has 27 heavy (non-hydrogen) atoms. The number of nitrogens with zero attached hydrogens (tertiary/aromatic N) is 3. The van der Waals surface area contributed by atoms with Crippen LogP contribution in [-0.2, 0) is 17.6 Å². The normalized spacial score (nSPS) is 15.1. The molecule has 1 aliphatic heterocycles. The Kier molecular flexibility index (Phi) is 6.19. The van der Waals surface area contributed by atoms with Gasteiger partial charge in [-0.1, -0.05) is 42.0 Å². The molecule has 1 saturated heterocycles. The first-order chi connectivity index (χ1) is 13.0. The van der Waals surface area contributed by atoms with Crippen LogP contribution in [-0.4, -0.2) is 53.4 Å². The molecule has 0 N–H and O–H groups in total. The maximum absolute atomic E-state index is 12.4. The van der Waals surface area contributed by atoms with E-state index in [4.69, 9.17) is 0 Å². The van der Waals surface area contributed by atoms with E-state index in [1.54, 1.807) is 12.1 Å². The number of nitro benzene ring substituents is 1. The van der Waals surface area contributed by atoms with E-state index in [1.807, 2.05) is 4.90 Å². The predicted octanol–water partition coefficient (Wildman–Crippen LogP) is 2.83. The van der Waals surface area contributed by atoms with Gasteiger partial charge in [-0.15, -0.1) is 0 Å². The predicted molar refractivity (Wildman–Crippen MR) is 105 cm³/mol. The molecule has 0 aliphatic carbocycles. The number of benzene rings is 2. The van der Waals surface area contributed by atoms with E-state index in [0.717, 1.165) is 31.6 Å². The second kappa shape index (κ2) is 8.77. The molecule has 0 spiro atoms. The minimum Gasteiger partial charge on any atom is -0.340 e. The van der Waals surface area contributed by atoms with Crippen LogP contribution in [0.3, 0.4) is 0 Å². The zero-order valence-corrected chi connectivity index (χ0v) is 15.6. The van der Waals surface area contributed by atoms with Crippen LogP contribution < -0.4 is 0 Å². The van der Waals surface area contributed by atoms with Gasteiger partial charge in [0.25, 0.3) is 5.69 Å². The van der Waals surface area contributed by atoms with E-state index in [2.05, 4.69) is 36.1 Å². The van der Waals surface area contributed by atoms with E-state index < -0.39 is 4.92 Å². The van der Waals surface area contributed by atoms with Crippen molar-refractivity contribution in [2.75, 3.05) is 32.7 Å². The van der Waals surface area contributed by atoms with Gasteiger partial charge in [-0.2, -0.15) is 0 Å². The Labute approximate surface area is 159 Å². The third-order valence-corrected chi connectivity index (χ3v) is 5.05. The van der Waals surface area contributed by atoms with Crippen LogP contribution in [0.4, 0.5) is 5.69 Å². The molecule has 0 atom stereocenters. The molecule has 0 aromatic heterocycles. The molecule has 6 heteroatoms. The summed E-state index contributed by atoms with van der Waals surface area (Å²) in [6.45, 7) is 5.72. The topological polar surface area (TPSA) is 66.7 Å². The zero-order valence-electron chi connectivity index (χ0n) is 15.6. The monoisotopic (exact) mass is 367 g/mol. The highest BCUT2D eigenvalue weighted by Gasteiger charge is 2.23. The Morgan fingerprint density at radius 1 is 0.926 bits per heavy atom. The van der Waals surface area contributed by atoms with Crippen molar-refractivity contribution < 1.29 is 9.72 Å². The molecule has 6 nitrogen and oxygen atoms in total. The van der Waals surface area contributed by atoms with Crippen LogP contribution in [0.1, 0.15) is 16.7 Å². The van der Waals surface area contributed by atoms with E-state index in [0.29, 0.717) is 19.5 Å². The maximum Gasteiger partial charge on any atom is 0.269 e. The van der Waals surface area contributed by atoms with Gasteiger partial charge >= 0.3 is 0 Å². The van der Waals surface area contributed by atoms with E-state index in [1.165, 1.54) is 23.3 Å². The van der Waals surface area contributed by atoms with E-state index in [9.17, 15) is 14.9 Å². The average molecular weight is 367 g/mol. The standard InChI is InChI=1S/C21H25N3O3/c1-17-2-4-18(5-3-17)10-12-22-14-15-23(21(25)16-22)13-11-19-6-8-20(9-7-19)24(26)27/h2-9H,10-16H2,1H3. The van der Waals surface area contributed by atoms with E-state index >= 15 is 0 Å². The van der Waals surface area contributed by atoms with Gasteiger partial charge in [0.15, 0.2) is 0 Å². The number of piperazine rings is 1. The number of carbonyl (C=O) groups is 1. The fraction of sp³-hybridized carbons (Fsp3) is 0.381. The highest BCUT2D eigenvalue weighted by atomic mass is 16.6. The molecule has 3 rings (SSSR count). The molecule has 142 valence electrons. The number of amides is 1. The summed E-state index contributed by atoms with van der Waals surface area (Å²) in [6, 6.07) is 15.1. The molecule has 0 saturated carbocycles. The summed E-state index contributed by atoms with van der Waals surface area (Å²) >= 11 is 0. The molecule has 2 aromatic carbocycles. The second-order valence-electron chi connectivity index (χ2n) is 7.07. The molecular weight excluding hydrogens is 342 g/mol. The highest BCUT2D eigenvalue weighted by molar-refractivity contribution is 5.79. The van der Waals surface area contributed by atoms with Crippen molar-refractivity contribution in [3.05, 3.63) is 75.3 Å². The van der Waals surface area contributed by atoms with Crippen LogP contribution in [0.2, 0.25) is 0 Å². The quantitative estimate of drug-likeness (QED) is 0.557. The lowest BCUT2D eigenvalue weighted by atomic mass is 10.1. The van der Waals surface area contributed by atoms with Crippen molar-refractivity contribution in [2.45, 2.75) is 19.8 Å². The van der Waals surface area contributed by atoms with Crippen LogP contribution in [0, 0.1) is 17.0 Å². The Hall–Kier alpha value is -2.73. The molecule has 1 heterocycles. The summed E-state index contributed by atoms with van der Waals surface area (Å²) in [5.74, 6) is 0.159. The van der Waals surface area contributed by atoms with Gasteiger partial charge in [-0.3, -0.25) is 19.8 Å². The SMILES string of the molecule is Cc1ccc(CCN2CCN(CCc3ccc([N+](=O)[O-])cc3)C(=O)C2)cc1. The van der Waals surface area contributed by atoms with Gasteiger partial charge < -0.3 is 4.90 Å². The van der Waals surface area contributed by atoms with Gasteiger partial charge in [0.1, 0.15) is 0 Å². The van der Waals surface area contributed by atoms with Gasteiger partial charge in [0.05, 0.1) is 11.5 Å². The fourth-order valence-electron chi connectivity index (χ4n) is 3.27. The summed E-state index contributed by atoms with van der Waals surface area (Å²) in [7, 11) is 0. The van der Waals surface area contributed by atoms with Gasteiger partial charge in [-0.25, -0.2) is 0 Å². The second-order valence-corrected chi connectivity index (χ2v) is 7.07. The van der Waals surface area contributed by atoms with Crippen LogP contribution >= 0.6 is 0 Å². The lowest BCUT2D eigenvalue weighted by molar-refractivity contribution is -0.384. The number of non-ortho nitro benzene ring substituents is 1. The van der Waals surface area contributed by atoms with E-state index in [-0.39, 0.29) is 11.6 Å². The van der Waals surface area contributed by atoms with Crippen molar-refractivity contribution >= 4 is 11.6 Å². The summed E-state index contributed by atoms with van der Waals surface area (Å²) in [5, 5.41) is 10.7. The Bertz CT molecular complexity index is 787. The molecular formula is C21H25N3O3. The number of hydrogen-bond donors (Lipinski definition) is 0. The first-order valence-corrected chi connectivity index (χ1v) is 9.30. The molecule has 1 amide bonds. The van der Waals surface area contributed by atoms with Gasteiger partial charge in [0.2, 0.25) is 5.91 Å². The third kappa shape index (κ3) is 5.37. The number of hydrogen-bond acceptors (Lipinski definition) is 4. The fourth-order valence-corrected chi connectivity index (χ4v) is 3.27. The van der Waals surface area contributed by atoms with Crippen LogP contribution in [0.25, 0.3) is 0 Å². The highest BCUT2D eigenvalue weighted by Crippen LogP contribution is 2.13. The minimum absolute atomic E-state index is 0.0945. The Morgan fingerprint density at radius 3 is 2.11 bits per heavy atom. The third-order valence-electron chi connectivity index (χ3n) is 5.05. The van der Waals surface area contributed by atoms with Crippen molar-refractivity contribution in [2.24, 2.45) is 0 Å².